The van der Waals surface area contributed by atoms with Crippen LogP contribution in [0.1, 0.15) is 22.3 Å². The Morgan fingerprint density at radius 3 is 1.88 bits per heavy atom. The third kappa shape index (κ3) is 2.69. The second kappa shape index (κ2) is 8.43. The van der Waals surface area contributed by atoms with Crippen molar-refractivity contribution in [3.8, 4) is 33.6 Å². The maximum Gasteiger partial charge on any atom is 0.183 e. The van der Waals surface area contributed by atoms with Crippen LogP contribution in [-0.4, -0.2) is 23.8 Å². The first-order chi connectivity index (χ1) is 23.8. The van der Waals surface area contributed by atoms with Gasteiger partial charge >= 0.3 is 0 Å². The molecule has 10 aromatic rings. The van der Waals surface area contributed by atoms with E-state index in [1.54, 1.807) is 12.4 Å². The maximum absolute atomic E-state index is 6.28. The van der Waals surface area contributed by atoms with Crippen molar-refractivity contribution >= 4 is 44.4 Å². The van der Waals surface area contributed by atoms with Crippen LogP contribution in [0.3, 0.4) is 0 Å². The third-order valence-corrected chi connectivity index (χ3v) is 10.7. The van der Waals surface area contributed by atoms with E-state index in [2.05, 4.69) is 106 Å². The summed E-state index contributed by atoms with van der Waals surface area (Å²) < 4.78 is 10.8. The average molecular weight is 614 g/mol. The second-order valence-electron chi connectivity index (χ2n) is 12.8. The van der Waals surface area contributed by atoms with Crippen molar-refractivity contribution in [2.24, 2.45) is 0 Å². The molecule has 5 heterocycles. The van der Waals surface area contributed by atoms with E-state index in [0.717, 1.165) is 61.3 Å². The summed E-state index contributed by atoms with van der Waals surface area (Å²) in [5.41, 5.74) is 16.7. The predicted molar refractivity (Wildman–Crippen MR) is 188 cm³/mol. The number of nitrogens with zero attached hydrogens (tertiary/aromatic N) is 5. The number of fused-ring (bicyclic) bond motifs is 20. The molecule has 6 nitrogen and oxygen atoms in total. The van der Waals surface area contributed by atoms with E-state index in [4.69, 9.17) is 19.4 Å². The zero-order valence-electron chi connectivity index (χ0n) is 25.4. The van der Waals surface area contributed by atoms with Gasteiger partial charge in [-0.15, -0.1) is 0 Å². The van der Waals surface area contributed by atoms with Crippen LogP contribution in [0, 0.1) is 0 Å². The minimum atomic E-state index is -0.465. The molecular weight excluding hydrogens is 590 g/mol. The quantitative estimate of drug-likeness (QED) is 0.185. The van der Waals surface area contributed by atoms with Gasteiger partial charge < -0.3 is 4.42 Å². The molecule has 0 atom stereocenters. The number of rotatable bonds is 1. The van der Waals surface area contributed by atoms with Gasteiger partial charge in [-0.3, -0.25) is 8.80 Å². The van der Waals surface area contributed by atoms with Gasteiger partial charge in [0.2, 0.25) is 0 Å². The van der Waals surface area contributed by atoms with Crippen LogP contribution in [0.5, 0.6) is 0 Å². The fourth-order valence-corrected chi connectivity index (χ4v) is 8.99. The summed E-state index contributed by atoms with van der Waals surface area (Å²) in [6.07, 6.45) is 5.54. The molecule has 5 aromatic heterocycles. The lowest BCUT2D eigenvalue weighted by Crippen LogP contribution is -2.25. The number of para-hydroxylation sites is 1. The molecule has 0 saturated carbocycles. The summed E-state index contributed by atoms with van der Waals surface area (Å²) in [7, 11) is 0. The highest BCUT2D eigenvalue weighted by molar-refractivity contribution is 6.12. The Kier molecular flexibility index (Phi) is 4.33. The summed E-state index contributed by atoms with van der Waals surface area (Å²) in [6.45, 7) is 0. The van der Waals surface area contributed by atoms with Crippen molar-refractivity contribution < 1.29 is 4.42 Å². The number of imidazole rings is 1. The maximum atomic E-state index is 6.28. The standard InChI is InChI=1S/C42H23N5O/c1-5-15-29-24(10-1)25-11-2-6-16-30(25)42(29)31-17-7-3-12-26(31)38-32(42)22-33-39-45-23-34(47(39)41-40(46(33)38)43-20-21-44-41)27-14-9-19-36-37(27)28-13-4-8-18-35(28)48-36/h1-23H. The Balaban J connectivity index is 1.26. The molecule has 0 bridgehead atoms. The molecule has 222 valence electrons. The van der Waals surface area contributed by atoms with Crippen LogP contribution >= 0.6 is 0 Å². The SMILES string of the molecule is c1ccc2c(c1)-c1ccccc1C21c2ccccc2-c2c1cc1c3ncc(-c4cccc5oc6ccccc6c45)n3c3nccnc3n21. The number of hydrogen-bond donors (Lipinski definition) is 0. The number of aromatic nitrogens is 5. The van der Waals surface area contributed by atoms with Crippen molar-refractivity contribution in [1.29, 1.82) is 0 Å². The average Bonchev–Trinajstić information content (AvgIpc) is 3.95. The molecule has 0 N–H and O–H groups in total. The van der Waals surface area contributed by atoms with Gasteiger partial charge in [0, 0.05) is 34.3 Å². The van der Waals surface area contributed by atoms with E-state index in [1.165, 1.54) is 38.9 Å². The highest BCUT2D eigenvalue weighted by Crippen LogP contribution is 2.63. The van der Waals surface area contributed by atoms with E-state index in [-0.39, 0.29) is 0 Å². The van der Waals surface area contributed by atoms with Gasteiger partial charge in [-0.2, -0.15) is 0 Å². The highest BCUT2D eigenvalue weighted by atomic mass is 16.3. The van der Waals surface area contributed by atoms with Crippen molar-refractivity contribution in [1.82, 2.24) is 23.8 Å². The minimum Gasteiger partial charge on any atom is -0.456 e. The van der Waals surface area contributed by atoms with Crippen LogP contribution in [0.2, 0.25) is 0 Å². The summed E-state index contributed by atoms with van der Waals surface area (Å²) in [6, 6.07) is 43.4. The molecule has 0 saturated heterocycles. The first kappa shape index (κ1) is 24.7. The monoisotopic (exact) mass is 613 g/mol. The van der Waals surface area contributed by atoms with Crippen LogP contribution in [0.15, 0.2) is 144 Å². The normalized spacial score (nSPS) is 14.0. The Morgan fingerprint density at radius 1 is 0.500 bits per heavy atom. The van der Waals surface area contributed by atoms with Crippen molar-refractivity contribution in [2.75, 3.05) is 0 Å². The van der Waals surface area contributed by atoms with Crippen LogP contribution in [0.25, 0.3) is 78.0 Å². The minimum absolute atomic E-state index is 0.465. The molecule has 1 spiro atoms. The molecule has 12 rings (SSSR count). The summed E-state index contributed by atoms with van der Waals surface area (Å²) in [5.74, 6) is 0. The van der Waals surface area contributed by atoms with Crippen molar-refractivity contribution in [3.63, 3.8) is 0 Å². The molecule has 0 unspecified atom stereocenters. The van der Waals surface area contributed by atoms with Gasteiger partial charge in [0.05, 0.1) is 28.5 Å². The summed E-state index contributed by atoms with van der Waals surface area (Å²) in [4.78, 5) is 15.2. The van der Waals surface area contributed by atoms with Crippen LogP contribution in [0.4, 0.5) is 0 Å². The smallest absolute Gasteiger partial charge is 0.183 e. The third-order valence-electron chi connectivity index (χ3n) is 10.7. The zero-order chi connectivity index (χ0) is 31.1. The van der Waals surface area contributed by atoms with Crippen molar-refractivity contribution in [3.05, 3.63) is 162 Å². The number of benzene rings is 5. The van der Waals surface area contributed by atoms with Gasteiger partial charge in [-0.1, -0.05) is 103 Å². The first-order valence-electron chi connectivity index (χ1n) is 16.2. The zero-order valence-corrected chi connectivity index (χ0v) is 25.4. The van der Waals surface area contributed by atoms with Gasteiger partial charge in [0.15, 0.2) is 16.9 Å². The van der Waals surface area contributed by atoms with E-state index < -0.39 is 5.41 Å². The van der Waals surface area contributed by atoms with Crippen LogP contribution in [-0.2, 0) is 5.41 Å². The lowest BCUT2D eigenvalue weighted by atomic mass is 9.71. The Bertz CT molecular complexity index is 2990. The molecule has 6 heteroatoms. The molecular formula is C42H23N5O. The summed E-state index contributed by atoms with van der Waals surface area (Å²) in [5, 5.41) is 2.14. The fraction of sp³-hybridized carbons (Fsp3) is 0.0238. The van der Waals surface area contributed by atoms with Gasteiger partial charge in [-0.25, -0.2) is 15.0 Å². The second-order valence-corrected chi connectivity index (χ2v) is 12.8. The topological polar surface area (TPSA) is 60.6 Å². The van der Waals surface area contributed by atoms with E-state index in [9.17, 15) is 0 Å². The molecule has 0 radical (unpaired) electrons. The highest BCUT2D eigenvalue weighted by Gasteiger charge is 2.53. The Morgan fingerprint density at radius 2 is 1.10 bits per heavy atom. The van der Waals surface area contributed by atoms with Gasteiger partial charge in [0.25, 0.3) is 0 Å². The molecule has 0 amide bonds. The Hall–Kier alpha value is -6.53. The Labute approximate surface area is 273 Å². The predicted octanol–water partition coefficient (Wildman–Crippen LogP) is 9.44. The molecule has 5 aromatic carbocycles. The largest absolute Gasteiger partial charge is 0.456 e. The molecule has 2 aliphatic rings. The molecule has 0 aliphatic heterocycles. The molecule has 0 fully saturated rings. The molecule has 2 aliphatic carbocycles. The van der Waals surface area contributed by atoms with Gasteiger partial charge in [-0.05, 0) is 51.6 Å². The molecule has 48 heavy (non-hydrogen) atoms. The lowest BCUT2D eigenvalue weighted by molar-refractivity contribution is 0.669. The van der Waals surface area contributed by atoms with Crippen molar-refractivity contribution in [2.45, 2.75) is 5.41 Å². The van der Waals surface area contributed by atoms with Crippen LogP contribution < -0.4 is 0 Å². The lowest BCUT2D eigenvalue weighted by Gasteiger charge is -2.29. The number of hydrogen-bond acceptors (Lipinski definition) is 4. The first-order valence-corrected chi connectivity index (χ1v) is 16.2. The van der Waals surface area contributed by atoms with E-state index >= 15 is 0 Å². The fourth-order valence-electron chi connectivity index (χ4n) is 8.99. The van der Waals surface area contributed by atoms with E-state index in [0.29, 0.717) is 0 Å². The summed E-state index contributed by atoms with van der Waals surface area (Å²) >= 11 is 0. The van der Waals surface area contributed by atoms with Gasteiger partial charge in [0.1, 0.15) is 11.2 Å². The number of furan rings is 1. The van der Waals surface area contributed by atoms with E-state index in [1.807, 2.05) is 30.5 Å².